The standard InChI is InChI=1S/C22H29N3O5S.C14H13NO3.C10H21NO5S2/c1-31(27,28)23-16-24-8-6-17(7-9-24)14-30-22-15-29-20(10-21(22)26)13-25-11-18-4-2-3-5-19(18)12-25;16-13-5-12(18-9-14(13)17)8-15-6-10-3-1-2-4-11(10)7-15;1-17(12,13)11-7-9-3-5-10(6-4-9)8-16-18(2,14)15/h2-5,10,15,17,23H,6-9,11-14,16H2,1H3;1-5,9,17H,6-8H2;9-11H,3-8H2,1-2H3. The molecule has 0 atom stereocenters. The normalized spacial score (nSPS) is 19.4. The van der Waals surface area contributed by atoms with Crippen LogP contribution < -0.4 is 25.0 Å². The Morgan fingerprint density at radius 2 is 1.07 bits per heavy atom. The van der Waals surface area contributed by atoms with Gasteiger partial charge in [0.25, 0.3) is 10.1 Å². The first-order chi connectivity index (χ1) is 31.7. The number of hydrogen-bond acceptors (Lipinski definition) is 16. The summed E-state index contributed by atoms with van der Waals surface area (Å²) in [7, 11) is -9.66. The van der Waals surface area contributed by atoms with E-state index in [1.165, 1.54) is 40.6 Å². The fourth-order valence-corrected chi connectivity index (χ4v) is 9.84. The molecule has 3 aliphatic heterocycles. The van der Waals surface area contributed by atoms with E-state index in [-0.39, 0.29) is 29.5 Å². The van der Waals surface area contributed by atoms with Crippen LogP contribution in [0.3, 0.4) is 0 Å². The van der Waals surface area contributed by atoms with Crippen molar-refractivity contribution in [3.63, 3.8) is 0 Å². The lowest BCUT2D eigenvalue weighted by Crippen LogP contribution is -2.42. The van der Waals surface area contributed by atoms with Crippen LogP contribution in [0.2, 0.25) is 0 Å². The molecule has 368 valence electrons. The molecule has 21 heteroatoms. The number of likely N-dealkylation sites (tertiary alicyclic amines) is 1. The van der Waals surface area contributed by atoms with Crippen LogP contribution in [-0.2, 0) is 73.6 Å². The second kappa shape index (κ2) is 23.7. The van der Waals surface area contributed by atoms with Crippen molar-refractivity contribution < 1.29 is 48.1 Å². The average Bonchev–Trinajstić information content (AvgIpc) is 3.89. The van der Waals surface area contributed by atoms with Crippen LogP contribution in [0.1, 0.15) is 72.3 Å². The first-order valence-electron chi connectivity index (χ1n) is 22.3. The number of nitrogens with zero attached hydrogens (tertiary/aromatic N) is 3. The average molecular weight is 990 g/mol. The van der Waals surface area contributed by atoms with E-state index in [9.17, 15) is 34.8 Å². The van der Waals surface area contributed by atoms with Crippen LogP contribution in [-0.4, -0.2) is 103 Å². The zero-order valence-corrected chi connectivity index (χ0v) is 40.8. The monoisotopic (exact) mass is 989 g/mol. The Labute approximate surface area is 393 Å². The fraction of sp³-hybridized carbons (Fsp3) is 0.522. The van der Waals surface area contributed by atoms with Gasteiger partial charge in [-0.25, -0.2) is 26.3 Å². The molecule has 4 aromatic rings. The predicted molar refractivity (Wildman–Crippen MR) is 252 cm³/mol. The first-order valence-corrected chi connectivity index (χ1v) is 27.9. The third-order valence-corrected chi connectivity index (χ3v) is 14.0. The minimum atomic E-state index is -3.36. The largest absolute Gasteiger partial charge is 0.502 e. The van der Waals surface area contributed by atoms with Crippen molar-refractivity contribution in [2.24, 2.45) is 17.8 Å². The van der Waals surface area contributed by atoms with Crippen LogP contribution in [0, 0.1) is 17.8 Å². The minimum Gasteiger partial charge on any atom is -0.502 e. The number of nitrogens with one attached hydrogen (secondary N) is 2. The molecule has 0 spiro atoms. The summed E-state index contributed by atoms with van der Waals surface area (Å²) in [5, 5.41) is 9.13. The van der Waals surface area contributed by atoms with Crippen LogP contribution in [0.25, 0.3) is 0 Å². The lowest BCUT2D eigenvalue weighted by molar-refractivity contribution is 0.138. The molecule has 1 saturated carbocycles. The molecule has 0 radical (unpaired) electrons. The highest BCUT2D eigenvalue weighted by Crippen LogP contribution is 2.29. The zero-order valence-electron chi connectivity index (χ0n) is 38.3. The van der Waals surface area contributed by atoms with E-state index in [1.807, 2.05) is 24.3 Å². The molecule has 0 amide bonds. The Hall–Kier alpha value is -4.45. The number of rotatable bonds is 16. The van der Waals surface area contributed by atoms with E-state index >= 15 is 0 Å². The van der Waals surface area contributed by atoms with Gasteiger partial charge in [-0.05, 0) is 91.6 Å². The zero-order chi connectivity index (χ0) is 48.2. The van der Waals surface area contributed by atoms with Crippen molar-refractivity contribution in [1.29, 1.82) is 0 Å². The number of aromatic hydroxyl groups is 1. The van der Waals surface area contributed by atoms with E-state index in [0.717, 1.165) is 103 Å². The van der Waals surface area contributed by atoms with Crippen LogP contribution >= 0.6 is 0 Å². The van der Waals surface area contributed by atoms with Gasteiger partial charge in [0.2, 0.25) is 36.7 Å². The molecule has 2 aromatic carbocycles. The molecule has 67 heavy (non-hydrogen) atoms. The van der Waals surface area contributed by atoms with Gasteiger partial charge in [0, 0.05) is 44.9 Å². The molecular weight excluding hydrogens is 927 g/mol. The molecule has 0 bridgehead atoms. The molecule has 4 aliphatic rings. The summed E-state index contributed by atoms with van der Waals surface area (Å²) in [6, 6.07) is 19.5. The summed E-state index contributed by atoms with van der Waals surface area (Å²) in [5.41, 5.74) is 4.73. The van der Waals surface area contributed by atoms with Crippen molar-refractivity contribution >= 4 is 30.2 Å². The smallest absolute Gasteiger partial charge is 0.264 e. The van der Waals surface area contributed by atoms with Gasteiger partial charge in [-0.1, -0.05) is 48.5 Å². The molecule has 1 saturated heterocycles. The Balaban J connectivity index is 0.000000177. The summed E-state index contributed by atoms with van der Waals surface area (Å²) in [4.78, 5) is 30.3. The highest BCUT2D eigenvalue weighted by Gasteiger charge is 2.25. The second-order valence-corrected chi connectivity index (χ2v) is 23.3. The molecule has 3 N–H and O–H groups in total. The summed E-state index contributed by atoms with van der Waals surface area (Å²) < 4.78 is 92.5. The Morgan fingerprint density at radius 1 is 0.612 bits per heavy atom. The van der Waals surface area contributed by atoms with Gasteiger partial charge in [-0.2, -0.15) is 8.42 Å². The lowest BCUT2D eigenvalue weighted by atomic mass is 9.82. The fourth-order valence-electron chi connectivity index (χ4n) is 8.44. The minimum absolute atomic E-state index is 0.159. The van der Waals surface area contributed by atoms with Gasteiger partial charge in [0.15, 0.2) is 5.75 Å². The summed E-state index contributed by atoms with van der Waals surface area (Å²) in [6.45, 7) is 7.69. The van der Waals surface area contributed by atoms with Crippen molar-refractivity contribution in [1.82, 2.24) is 24.1 Å². The molecule has 2 aromatic heterocycles. The van der Waals surface area contributed by atoms with Gasteiger partial charge >= 0.3 is 0 Å². The Bertz CT molecular complexity index is 2620. The summed E-state index contributed by atoms with van der Waals surface area (Å²) in [6.07, 6.45) is 11.2. The van der Waals surface area contributed by atoms with Gasteiger partial charge in [-0.3, -0.25) is 28.5 Å². The van der Waals surface area contributed by atoms with Gasteiger partial charge in [-0.15, -0.1) is 0 Å². The van der Waals surface area contributed by atoms with E-state index in [4.69, 9.17) is 22.9 Å². The van der Waals surface area contributed by atoms with E-state index in [1.54, 1.807) is 0 Å². The number of piperidine rings is 1. The molecule has 1 aliphatic carbocycles. The highest BCUT2D eigenvalue weighted by molar-refractivity contribution is 7.89. The number of ether oxygens (including phenoxy) is 1. The molecule has 2 fully saturated rings. The number of fused-ring (bicyclic) bond motifs is 2. The number of sulfonamides is 2. The van der Waals surface area contributed by atoms with E-state index in [0.29, 0.717) is 56.3 Å². The summed E-state index contributed by atoms with van der Waals surface area (Å²) >= 11 is 0. The SMILES string of the molecule is CS(=O)(=O)NCC1CCC(COS(C)(=O)=O)CC1.CS(=O)(=O)NCN1CCC(COc2coc(CN3Cc4ccccc4C3)cc2=O)CC1.O=c1cc(CN2Cc3ccccc3C2)occ1O. The molecule has 8 rings (SSSR count). The molecule has 5 heterocycles. The quantitative estimate of drug-likeness (QED) is 0.135. The number of benzene rings is 2. The van der Waals surface area contributed by atoms with Crippen molar-refractivity contribution in [2.45, 2.75) is 77.8 Å². The third kappa shape index (κ3) is 17.9. The van der Waals surface area contributed by atoms with E-state index in [2.05, 4.69) is 48.4 Å². The van der Waals surface area contributed by atoms with Gasteiger partial charge < -0.3 is 18.7 Å². The maximum Gasteiger partial charge on any atom is 0.264 e. The van der Waals surface area contributed by atoms with Crippen molar-refractivity contribution in [3.8, 4) is 11.5 Å². The van der Waals surface area contributed by atoms with Crippen LogP contribution in [0.5, 0.6) is 11.5 Å². The lowest BCUT2D eigenvalue weighted by Gasteiger charge is -2.31. The predicted octanol–water partition coefficient (Wildman–Crippen LogP) is 3.93. The topological polar surface area (TPSA) is 235 Å². The highest BCUT2D eigenvalue weighted by atomic mass is 32.2. The van der Waals surface area contributed by atoms with Crippen molar-refractivity contribution in [3.05, 3.63) is 127 Å². The molecular formula is C46H63N5O13S3. The van der Waals surface area contributed by atoms with Crippen LogP contribution in [0.4, 0.5) is 0 Å². The maximum absolute atomic E-state index is 12.5. The third-order valence-electron chi connectivity index (χ3n) is 12.1. The summed E-state index contributed by atoms with van der Waals surface area (Å²) in [5.74, 6) is 2.04. The molecule has 0 unspecified atom stereocenters. The molecule has 18 nitrogen and oxygen atoms in total. The van der Waals surface area contributed by atoms with Crippen molar-refractivity contribution in [2.75, 3.05) is 58.3 Å². The maximum atomic E-state index is 12.5. The Morgan fingerprint density at radius 3 is 1.54 bits per heavy atom. The first kappa shape index (κ1) is 51.9. The van der Waals surface area contributed by atoms with Crippen LogP contribution in [0.15, 0.2) is 91.6 Å². The Kier molecular flexibility index (Phi) is 18.4. The number of hydrogen-bond donors (Lipinski definition) is 3. The van der Waals surface area contributed by atoms with Gasteiger partial charge in [0.05, 0.1) is 51.7 Å². The second-order valence-electron chi connectivity index (χ2n) is 17.9. The van der Waals surface area contributed by atoms with Gasteiger partial charge in [0.1, 0.15) is 24.0 Å². The van der Waals surface area contributed by atoms with E-state index < -0.39 is 35.6 Å².